The van der Waals surface area contributed by atoms with Gasteiger partial charge in [-0.15, -0.1) is 10.2 Å². The summed E-state index contributed by atoms with van der Waals surface area (Å²) in [4.78, 5) is 15.3. The van der Waals surface area contributed by atoms with Crippen LogP contribution in [0.4, 0.5) is 19.1 Å². The minimum Gasteiger partial charge on any atom is -0.478 e. The molecule has 1 N–H and O–H groups in total. The quantitative estimate of drug-likeness (QED) is 0.681. The first-order valence-electron chi connectivity index (χ1n) is 8.34. The summed E-state index contributed by atoms with van der Waals surface area (Å²) in [5, 5.41) is 31.9. The molecule has 3 rings (SSSR count). The topological polar surface area (TPSA) is 131 Å². The number of tetrazole rings is 2. The zero-order valence-corrected chi connectivity index (χ0v) is 15.6. The van der Waals surface area contributed by atoms with Crippen LogP contribution in [-0.4, -0.2) is 75.3 Å². The molecular formula is C14H17F3N10O2. The second kappa shape index (κ2) is 7.57. The Morgan fingerprint density at radius 2 is 1.97 bits per heavy atom. The molecule has 0 amide bonds. The lowest BCUT2D eigenvalue weighted by Gasteiger charge is -2.41. The van der Waals surface area contributed by atoms with Gasteiger partial charge >= 0.3 is 12.1 Å². The second-order valence-electron chi connectivity index (χ2n) is 6.08. The molecule has 1 aliphatic heterocycles. The highest BCUT2D eigenvalue weighted by Crippen LogP contribution is 2.38. The van der Waals surface area contributed by atoms with Crippen molar-refractivity contribution < 1.29 is 23.1 Å². The van der Waals surface area contributed by atoms with E-state index in [-0.39, 0.29) is 30.4 Å². The number of aryl methyl sites for hydroxylation is 2. The molecule has 0 fully saturated rings. The molecule has 1 atom stereocenters. The average molecular weight is 414 g/mol. The average Bonchev–Trinajstić information content (AvgIpc) is 3.25. The Morgan fingerprint density at radius 3 is 2.45 bits per heavy atom. The highest BCUT2D eigenvalue weighted by atomic mass is 19.4. The van der Waals surface area contributed by atoms with E-state index in [0.29, 0.717) is 6.08 Å². The number of aliphatic carboxylic acids is 1. The van der Waals surface area contributed by atoms with Gasteiger partial charge in [0.25, 0.3) is 5.95 Å². The minimum absolute atomic E-state index is 0.0491. The van der Waals surface area contributed by atoms with E-state index in [1.54, 1.807) is 6.92 Å². The summed E-state index contributed by atoms with van der Waals surface area (Å²) >= 11 is 0. The number of nitrogens with zero attached hydrogens (tertiary/aromatic N) is 10. The highest BCUT2D eigenvalue weighted by Gasteiger charge is 2.47. The molecule has 2 aromatic heterocycles. The Labute approximate surface area is 161 Å². The van der Waals surface area contributed by atoms with Gasteiger partial charge in [0, 0.05) is 7.05 Å². The third-order valence-electron chi connectivity index (χ3n) is 4.20. The maximum Gasteiger partial charge on any atom is 0.431 e. The number of aromatic nitrogens is 8. The van der Waals surface area contributed by atoms with Gasteiger partial charge in [0.2, 0.25) is 0 Å². The maximum atomic E-state index is 13.8. The van der Waals surface area contributed by atoms with Gasteiger partial charge in [0.05, 0.1) is 19.2 Å². The van der Waals surface area contributed by atoms with Crippen molar-refractivity contribution in [2.45, 2.75) is 25.8 Å². The highest BCUT2D eigenvalue weighted by molar-refractivity contribution is 5.90. The molecule has 2 aromatic rings. The maximum absolute atomic E-state index is 13.8. The molecule has 3 heterocycles. The van der Waals surface area contributed by atoms with Crippen LogP contribution in [0.2, 0.25) is 0 Å². The summed E-state index contributed by atoms with van der Waals surface area (Å²) in [7, 11) is 2.90. The van der Waals surface area contributed by atoms with Crippen LogP contribution in [0.3, 0.4) is 0 Å². The SMILES string of the molecule is CCN(Cc1nnn(C)n1)C1C(C(=O)O)=CC=C(C(F)(F)F)N1c1nnnn1C. The number of carboxylic acids is 1. The van der Waals surface area contributed by atoms with E-state index in [1.165, 1.54) is 23.8 Å². The molecule has 1 unspecified atom stereocenters. The molecule has 1 aliphatic rings. The fourth-order valence-corrected chi connectivity index (χ4v) is 2.96. The summed E-state index contributed by atoms with van der Waals surface area (Å²) < 4.78 is 42.4. The Bertz CT molecular complexity index is 963. The van der Waals surface area contributed by atoms with E-state index in [4.69, 9.17) is 0 Å². The normalized spacial score (nSPS) is 17.5. The van der Waals surface area contributed by atoms with Crippen molar-refractivity contribution in [1.82, 2.24) is 45.3 Å². The van der Waals surface area contributed by atoms with Gasteiger partial charge < -0.3 is 5.11 Å². The molecule has 0 saturated carbocycles. The van der Waals surface area contributed by atoms with Gasteiger partial charge in [0.1, 0.15) is 11.9 Å². The Kier molecular flexibility index (Phi) is 5.32. The van der Waals surface area contributed by atoms with E-state index >= 15 is 0 Å². The number of anilines is 1. The van der Waals surface area contributed by atoms with Crippen LogP contribution >= 0.6 is 0 Å². The molecule has 0 aromatic carbocycles. The number of rotatable bonds is 6. The monoisotopic (exact) mass is 414 g/mol. The van der Waals surface area contributed by atoms with E-state index in [0.717, 1.165) is 15.7 Å². The number of likely N-dealkylation sites (N-methyl/N-ethyl adjacent to an activating group) is 1. The van der Waals surface area contributed by atoms with E-state index in [1.807, 2.05) is 0 Å². The van der Waals surface area contributed by atoms with Crippen molar-refractivity contribution in [2.24, 2.45) is 14.1 Å². The molecular weight excluding hydrogens is 397 g/mol. The molecule has 0 spiro atoms. The van der Waals surface area contributed by atoms with Crippen molar-refractivity contribution in [1.29, 1.82) is 0 Å². The van der Waals surface area contributed by atoms with Crippen LogP contribution in [0.5, 0.6) is 0 Å². The number of carbonyl (C=O) groups is 1. The summed E-state index contributed by atoms with van der Waals surface area (Å²) in [6.45, 7) is 1.81. The third kappa shape index (κ3) is 3.94. The standard InChI is InChI=1S/C14H17F3N10O2/c1-4-26(7-10-18-22-25(3)20-10)11-8(12(28)29)5-6-9(14(15,16)17)27(11)13-19-21-23-24(13)2/h5-6,11H,4,7H2,1-3H3,(H,28,29). The summed E-state index contributed by atoms with van der Waals surface area (Å²) in [5.74, 6) is -1.42. The van der Waals surface area contributed by atoms with Crippen LogP contribution in [0.1, 0.15) is 12.7 Å². The predicted octanol–water partition coefficient (Wildman–Crippen LogP) is -0.141. The van der Waals surface area contributed by atoms with Crippen molar-refractivity contribution in [3.05, 3.63) is 29.2 Å². The molecule has 15 heteroatoms. The lowest BCUT2D eigenvalue weighted by molar-refractivity contribution is -0.133. The van der Waals surface area contributed by atoms with Gasteiger partial charge in [-0.25, -0.2) is 9.48 Å². The summed E-state index contributed by atoms with van der Waals surface area (Å²) in [6, 6.07) is 0. The fraction of sp³-hybridized carbons (Fsp3) is 0.500. The van der Waals surface area contributed by atoms with E-state index in [9.17, 15) is 23.1 Å². The van der Waals surface area contributed by atoms with Gasteiger partial charge in [-0.1, -0.05) is 12.0 Å². The first-order valence-corrected chi connectivity index (χ1v) is 8.34. The summed E-state index contributed by atoms with van der Waals surface area (Å²) in [6.07, 6.45) is -4.52. The van der Waals surface area contributed by atoms with Crippen LogP contribution in [0.25, 0.3) is 0 Å². The van der Waals surface area contributed by atoms with Crippen LogP contribution in [0, 0.1) is 0 Å². The lowest BCUT2D eigenvalue weighted by atomic mass is 10.0. The molecule has 156 valence electrons. The van der Waals surface area contributed by atoms with Gasteiger partial charge in [-0.05, 0) is 34.3 Å². The van der Waals surface area contributed by atoms with Gasteiger partial charge in [0.15, 0.2) is 5.82 Å². The Balaban J connectivity index is 2.14. The smallest absolute Gasteiger partial charge is 0.431 e. The van der Waals surface area contributed by atoms with Crippen molar-refractivity contribution >= 4 is 11.9 Å². The Hall–Kier alpha value is -3.36. The Morgan fingerprint density at radius 1 is 1.24 bits per heavy atom. The minimum atomic E-state index is -4.78. The molecule has 0 aliphatic carbocycles. The third-order valence-corrected chi connectivity index (χ3v) is 4.20. The van der Waals surface area contributed by atoms with E-state index in [2.05, 4.69) is 30.9 Å². The largest absolute Gasteiger partial charge is 0.478 e. The predicted molar refractivity (Wildman–Crippen MR) is 89.8 cm³/mol. The fourth-order valence-electron chi connectivity index (χ4n) is 2.96. The lowest BCUT2D eigenvalue weighted by Crippen LogP contribution is -2.54. The van der Waals surface area contributed by atoms with Crippen LogP contribution < -0.4 is 4.90 Å². The number of hydrogen-bond acceptors (Lipinski definition) is 9. The van der Waals surface area contributed by atoms with Crippen molar-refractivity contribution in [3.63, 3.8) is 0 Å². The molecule has 12 nitrogen and oxygen atoms in total. The molecule has 0 bridgehead atoms. The zero-order chi connectivity index (χ0) is 21.3. The van der Waals surface area contributed by atoms with Crippen molar-refractivity contribution in [3.8, 4) is 0 Å². The molecule has 29 heavy (non-hydrogen) atoms. The van der Waals surface area contributed by atoms with Crippen LogP contribution in [0.15, 0.2) is 23.4 Å². The first kappa shape index (κ1) is 20.4. The number of allylic oxidation sites excluding steroid dienone is 3. The van der Waals surface area contributed by atoms with Gasteiger partial charge in [-0.2, -0.15) is 18.0 Å². The molecule has 0 saturated heterocycles. The van der Waals surface area contributed by atoms with Gasteiger partial charge in [-0.3, -0.25) is 9.80 Å². The van der Waals surface area contributed by atoms with Crippen molar-refractivity contribution in [2.75, 3.05) is 11.4 Å². The number of hydrogen-bond donors (Lipinski definition) is 1. The summed E-state index contributed by atoms with van der Waals surface area (Å²) in [5.41, 5.74) is -1.39. The molecule has 0 radical (unpaired) electrons. The van der Waals surface area contributed by atoms with E-state index < -0.39 is 24.0 Å². The second-order valence-corrected chi connectivity index (χ2v) is 6.08. The first-order chi connectivity index (χ1) is 13.6. The number of alkyl halides is 3. The number of halogens is 3. The van der Waals surface area contributed by atoms with Crippen LogP contribution in [-0.2, 0) is 25.4 Å². The zero-order valence-electron chi connectivity index (χ0n) is 15.6. The number of carboxylic acid groups (broad SMARTS) is 1.